The summed E-state index contributed by atoms with van der Waals surface area (Å²) in [5.41, 5.74) is 6.58. The summed E-state index contributed by atoms with van der Waals surface area (Å²) in [6.45, 7) is 1.78. The van der Waals surface area contributed by atoms with Crippen LogP contribution in [0.15, 0.2) is 22.6 Å². The van der Waals surface area contributed by atoms with Crippen LogP contribution in [-0.4, -0.2) is 10.2 Å². The Morgan fingerprint density at radius 3 is 2.64 bits per heavy atom. The third-order valence-corrected chi connectivity index (χ3v) is 1.73. The van der Waals surface area contributed by atoms with Crippen LogP contribution in [0.5, 0.6) is 0 Å². The first-order valence-electron chi connectivity index (χ1n) is 4.02. The van der Waals surface area contributed by atoms with Crippen molar-refractivity contribution in [2.75, 3.05) is 5.73 Å². The average molecular weight is 193 g/mol. The molecule has 0 aliphatic heterocycles. The highest BCUT2D eigenvalue weighted by molar-refractivity contribution is 5.54. The number of hydrogen-bond donors (Lipinski definition) is 1. The summed E-state index contributed by atoms with van der Waals surface area (Å²) in [5, 5.41) is 7.15. The molecule has 5 heteroatoms. The number of hydrogen-bond acceptors (Lipinski definition) is 4. The van der Waals surface area contributed by atoms with Gasteiger partial charge in [-0.05, 0) is 30.7 Å². The van der Waals surface area contributed by atoms with Crippen molar-refractivity contribution in [3.05, 3.63) is 29.6 Å². The number of rotatable bonds is 1. The largest absolute Gasteiger partial charge is 0.404 e. The molecule has 0 atom stereocenters. The molecule has 0 saturated carbocycles. The predicted molar refractivity (Wildman–Crippen MR) is 48.8 cm³/mol. The van der Waals surface area contributed by atoms with Gasteiger partial charge in [-0.25, -0.2) is 4.39 Å². The van der Waals surface area contributed by atoms with Crippen LogP contribution in [0.1, 0.15) is 5.56 Å². The van der Waals surface area contributed by atoms with Crippen LogP contribution in [0, 0.1) is 12.7 Å². The van der Waals surface area contributed by atoms with E-state index in [1.54, 1.807) is 13.0 Å². The molecule has 2 rings (SSSR count). The molecule has 0 radical (unpaired) electrons. The van der Waals surface area contributed by atoms with Gasteiger partial charge in [0.15, 0.2) is 0 Å². The number of halogens is 1. The van der Waals surface area contributed by atoms with Crippen molar-refractivity contribution in [1.82, 2.24) is 10.2 Å². The summed E-state index contributed by atoms with van der Waals surface area (Å²) >= 11 is 0. The Labute approximate surface area is 79.6 Å². The summed E-state index contributed by atoms with van der Waals surface area (Å²) in [4.78, 5) is 0. The van der Waals surface area contributed by atoms with E-state index in [2.05, 4.69) is 10.2 Å². The molecule has 72 valence electrons. The van der Waals surface area contributed by atoms with Crippen molar-refractivity contribution in [3.63, 3.8) is 0 Å². The van der Waals surface area contributed by atoms with Crippen molar-refractivity contribution < 1.29 is 8.81 Å². The van der Waals surface area contributed by atoms with Gasteiger partial charge in [-0.3, -0.25) is 0 Å². The van der Waals surface area contributed by atoms with Crippen LogP contribution in [0.2, 0.25) is 0 Å². The van der Waals surface area contributed by atoms with Gasteiger partial charge in [-0.1, -0.05) is 5.10 Å². The lowest BCUT2D eigenvalue weighted by molar-refractivity contribution is 0.587. The standard InChI is InChI=1S/C9H8FN3O/c1-5-2-6(4-7(10)3-5)8-12-13-9(11)14-8/h2-4H,1H3,(H2,11,13). The molecule has 1 aromatic carbocycles. The van der Waals surface area contributed by atoms with Gasteiger partial charge in [0, 0.05) is 5.56 Å². The highest BCUT2D eigenvalue weighted by atomic mass is 19.1. The fraction of sp³-hybridized carbons (Fsp3) is 0.111. The third-order valence-electron chi connectivity index (χ3n) is 1.73. The van der Waals surface area contributed by atoms with Gasteiger partial charge in [0.1, 0.15) is 5.82 Å². The van der Waals surface area contributed by atoms with Crippen LogP contribution in [0.4, 0.5) is 10.4 Å². The third kappa shape index (κ3) is 1.56. The lowest BCUT2D eigenvalue weighted by Crippen LogP contribution is -1.83. The Hall–Kier alpha value is -1.91. The number of nitrogens with two attached hydrogens (primary N) is 1. The topological polar surface area (TPSA) is 64.9 Å². The van der Waals surface area contributed by atoms with Crippen molar-refractivity contribution in [1.29, 1.82) is 0 Å². The second kappa shape index (κ2) is 3.10. The van der Waals surface area contributed by atoms with E-state index in [1.807, 2.05) is 0 Å². The zero-order valence-corrected chi connectivity index (χ0v) is 7.49. The van der Waals surface area contributed by atoms with E-state index in [4.69, 9.17) is 10.2 Å². The fourth-order valence-corrected chi connectivity index (χ4v) is 1.21. The summed E-state index contributed by atoms with van der Waals surface area (Å²) in [6, 6.07) is 4.46. The number of nitrogens with zero attached hydrogens (tertiary/aromatic N) is 2. The molecule has 14 heavy (non-hydrogen) atoms. The molecule has 0 bridgehead atoms. The first-order valence-corrected chi connectivity index (χ1v) is 4.02. The summed E-state index contributed by atoms with van der Waals surface area (Å²) < 4.78 is 18.0. The molecular weight excluding hydrogens is 185 g/mol. The summed E-state index contributed by atoms with van der Waals surface area (Å²) in [5.74, 6) is -0.109. The Morgan fingerprint density at radius 2 is 2.07 bits per heavy atom. The molecule has 0 spiro atoms. The van der Waals surface area contributed by atoms with E-state index >= 15 is 0 Å². The normalized spacial score (nSPS) is 10.4. The molecule has 0 aliphatic carbocycles. The first-order chi connectivity index (χ1) is 6.65. The summed E-state index contributed by atoms with van der Waals surface area (Å²) in [6.07, 6.45) is 0. The Kier molecular flexibility index (Phi) is 1.92. The maximum atomic E-state index is 13.0. The van der Waals surface area contributed by atoms with Gasteiger partial charge in [-0.15, -0.1) is 5.10 Å². The first kappa shape index (κ1) is 8.68. The Balaban J connectivity index is 2.51. The Morgan fingerprint density at radius 1 is 1.29 bits per heavy atom. The highest BCUT2D eigenvalue weighted by Crippen LogP contribution is 2.20. The maximum absolute atomic E-state index is 13.0. The zero-order chi connectivity index (χ0) is 10.1. The molecule has 4 nitrogen and oxygen atoms in total. The van der Waals surface area contributed by atoms with E-state index in [0.717, 1.165) is 5.56 Å². The summed E-state index contributed by atoms with van der Waals surface area (Å²) in [7, 11) is 0. The smallest absolute Gasteiger partial charge is 0.313 e. The molecule has 0 aliphatic rings. The molecule has 2 aromatic rings. The second-order valence-electron chi connectivity index (χ2n) is 2.96. The van der Waals surface area contributed by atoms with Gasteiger partial charge in [0.05, 0.1) is 0 Å². The minimum atomic E-state index is -0.336. The van der Waals surface area contributed by atoms with E-state index in [-0.39, 0.29) is 17.7 Å². The maximum Gasteiger partial charge on any atom is 0.313 e. The molecule has 0 saturated heterocycles. The number of nitrogen functional groups attached to an aromatic ring is 1. The monoisotopic (exact) mass is 193 g/mol. The van der Waals surface area contributed by atoms with Gasteiger partial charge < -0.3 is 10.2 Å². The second-order valence-corrected chi connectivity index (χ2v) is 2.96. The average Bonchev–Trinajstić information content (AvgIpc) is 2.50. The molecule has 2 N–H and O–H groups in total. The molecule has 1 heterocycles. The lowest BCUT2D eigenvalue weighted by atomic mass is 10.1. The lowest BCUT2D eigenvalue weighted by Gasteiger charge is -1.97. The van der Waals surface area contributed by atoms with Crippen molar-refractivity contribution in [2.45, 2.75) is 6.92 Å². The van der Waals surface area contributed by atoms with Crippen LogP contribution in [0.3, 0.4) is 0 Å². The van der Waals surface area contributed by atoms with Crippen LogP contribution < -0.4 is 5.73 Å². The van der Waals surface area contributed by atoms with E-state index < -0.39 is 0 Å². The van der Waals surface area contributed by atoms with Gasteiger partial charge in [0.2, 0.25) is 5.89 Å². The number of aromatic nitrogens is 2. The SMILES string of the molecule is Cc1cc(F)cc(-c2nnc(N)o2)c1. The van der Waals surface area contributed by atoms with Crippen molar-refractivity contribution in [2.24, 2.45) is 0 Å². The predicted octanol–water partition coefficient (Wildman–Crippen LogP) is 1.77. The molecule has 0 unspecified atom stereocenters. The minimum absolute atomic E-state index is 0.0260. The van der Waals surface area contributed by atoms with E-state index in [1.165, 1.54) is 12.1 Å². The molecular formula is C9H8FN3O. The van der Waals surface area contributed by atoms with E-state index in [0.29, 0.717) is 5.56 Å². The molecule has 0 amide bonds. The number of benzene rings is 1. The van der Waals surface area contributed by atoms with E-state index in [9.17, 15) is 4.39 Å². The van der Waals surface area contributed by atoms with Gasteiger partial charge >= 0.3 is 6.01 Å². The highest BCUT2D eigenvalue weighted by Gasteiger charge is 2.07. The molecule has 1 aromatic heterocycles. The van der Waals surface area contributed by atoms with Crippen molar-refractivity contribution >= 4 is 6.01 Å². The van der Waals surface area contributed by atoms with Crippen LogP contribution in [0.25, 0.3) is 11.5 Å². The van der Waals surface area contributed by atoms with Gasteiger partial charge in [0.25, 0.3) is 0 Å². The quantitative estimate of drug-likeness (QED) is 0.749. The molecule has 0 fully saturated rings. The van der Waals surface area contributed by atoms with Gasteiger partial charge in [-0.2, -0.15) is 0 Å². The fourth-order valence-electron chi connectivity index (χ4n) is 1.21. The minimum Gasteiger partial charge on any atom is -0.404 e. The Bertz CT molecular complexity index is 447. The number of anilines is 1. The van der Waals surface area contributed by atoms with Crippen LogP contribution >= 0.6 is 0 Å². The number of aryl methyl sites for hydroxylation is 1. The van der Waals surface area contributed by atoms with Crippen molar-refractivity contribution in [3.8, 4) is 11.5 Å². The van der Waals surface area contributed by atoms with Crippen LogP contribution in [-0.2, 0) is 0 Å². The zero-order valence-electron chi connectivity index (χ0n) is 7.49.